The first-order valence-electron chi connectivity index (χ1n) is 9.70. The van der Waals surface area contributed by atoms with Crippen molar-refractivity contribution in [1.82, 2.24) is 30.3 Å². The predicted octanol–water partition coefficient (Wildman–Crippen LogP) is 3.31. The summed E-state index contributed by atoms with van der Waals surface area (Å²) in [6.45, 7) is 4.01. The van der Waals surface area contributed by atoms with Gasteiger partial charge in [0.25, 0.3) is 0 Å². The molecule has 0 saturated heterocycles. The SMILES string of the molecule is C=C(c1ncc(-c2ccc(-n3cc(F)cn3)cc2O)nn1)[C@H]1CC(NC)CCC1F. The minimum Gasteiger partial charge on any atom is -0.507 e. The van der Waals surface area contributed by atoms with Crippen LogP contribution in [0.2, 0.25) is 0 Å². The van der Waals surface area contributed by atoms with Crippen LogP contribution in [0.25, 0.3) is 22.5 Å². The maximum Gasteiger partial charge on any atom is 0.177 e. The van der Waals surface area contributed by atoms with Crippen LogP contribution in [-0.4, -0.2) is 49.3 Å². The van der Waals surface area contributed by atoms with Gasteiger partial charge in [0.2, 0.25) is 0 Å². The van der Waals surface area contributed by atoms with Gasteiger partial charge in [0, 0.05) is 23.6 Å². The Morgan fingerprint density at radius 1 is 1.27 bits per heavy atom. The molecule has 0 bridgehead atoms. The fourth-order valence-electron chi connectivity index (χ4n) is 3.79. The zero-order chi connectivity index (χ0) is 21.3. The number of hydrogen-bond donors (Lipinski definition) is 2. The topological polar surface area (TPSA) is 88.8 Å². The molecule has 1 aromatic carbocycles. The van der Waals surface area contributed by atoms with Gasteiger partial charge in [-0.25, -0.2) is 18.4 Å². The quantitative estimate of drug-likeness (QED) is 0.669. The van der Waals surface area contributed by atoms with E-state index in [2.05, 4.69) is 32.2 Å². The minimum atomic E-state index is -0.978. The number of phenols is 1. The van der Waals surface area contributed by atoms with Crippen molar-refractivity contribution in [3.05, 3.63) is 55.0 Å². The van der Waals surface area contributed by atoms with Crippen LogP contribution in [-0.2, 0) is 0 Å². The number of allylic oxidation sites excluding steroid dienone is 1. The molecular formula is C21H22F2N6O. The molecule has 0 radical (unpaired) electrons. The number of nitrogens with one attached hydrogen (secondary N) is 1. The summed E-state index contributed by atoms with van der Waals surface area (Å²) in [6.07, 6.45) is 4.69. The number of hydrogen-bond acceptors (Lipinski definition) is 6. The van der Waals surface area contributed by atoms with E-state index in [0.29, 0.717) is 41.2 Å². The van der Waals surface area contributed by atoms with Gasteiger partial charge in [-0.15, -0.1) is 10.2 Å². The summed E-state index contributed by atoms with van der Waals surface area (Å²) >= 11 is 0. The molecule has 156 valence electrons. The maximum absolute atomic E-state index is 14.4. The van der Waals surface area contributed by atoms with Crippen molar-refractivity contribution in [2.75, 3.05) is 7.05 Å². The molecule has 3 atom stereocenters. The summed E-state index contributed by atoms with van der Waals surface area (Å²) in [4.78, 5) is 4.30. The average molecular weight is 412 g/mol. The number of phenolic OH excluding ortho intramolecular Hbond substituents is 1. The highest BCUT2D eigenvalue weighted by molar-refractivity contribution is 5.68. The summed E-state index contributed by atoms with van der Waals surface area (Å²) < 4.78 is 28.9. The molecule has 4 rings (SSSR count). The van der Waals surface area contributed by atoms with Gasteiger partial charge in [0.05, 0.1) is 24.3 Å². The molecule has 0 aliphatic heterocycles. The second-order valence-electron chi connectivity index (χ2n) is 7.42. The summed E-state index contributed by atoms with van der Waals surface area (Å²) in [7, 11) is 1.87. The Bertz CT molecular complexity index is 1050. The van der Waals surface area contributed by atoms with Crippen molar-refractivity contribution < 1.29 is 13.9 Å². The van der Waals surface area contributed by atoms with E-state index in [4.69, 9.17) is 0 Å². The van der Waals surface area contributed by atoms with Crippen LogP contribution < -0.4 is 5.32 Å². The molecule has 1 aliphatic carbocycles. The molecule has 1 saturated carbocycles. The first kappa shape index (κ1) is 20.1. The van der Waals surface area contributed by atoms with Crippen molar-refractivity contribution in [1.29, 1.82) is 0 Å². The molecule has 1 aliphatic rings. The second-order valence-corrected chi connectivity index (χ2v) is 7.42. The predicted molar refractivity (Wildman–Crippen MR) is 108 cm³/mol. The zero-order valence-electron chi connectivity index (χ0n) is 16.5. The van der Waals surface area contributed by atoms with Crippen LogP contribution in [0.15, 0.2) is 43.4 Å². The molecule has 9 heteroatoms. The van der Waals surface area contributed by atoms with E-state index in [0.717, 1.165) is 12.6 Å². The van der Waals surface area contributed by atoms with Gasteiger partial charge in [0.15, 0.2) is 11.6 Å². The lowest BCUT2D eigenvalue weighted by Crippen LogP contribution is -2.37. The molecule has 0 amide bonds. The summed E-state index contributed by atoms with van der Waals surface area (Å²) in [5, 5.41) is 25.7. The molecule has 0 spiro atoms. The minimum absolute atomic E-state index is 0.0703. The van der Waals surface area contributed by atoms with Crippen LogP contribution in [0, 0.1) is 11.7 Å². The van der Waals surface area contributed by atoms with Gasteiger partial charge in [-0.3, -0.25) is 0 Å². The molecule has 2 unspecified atom stereocenters. The van der Waals surface area contributed by atoms with Crippen LogP contribution in [0.5, 0.6) is 5.75 Å². The van der Waals surface area contributed by atoms with Crippen LogP contribution >= 0.6 is 0 Å². The average Bonchev–Trinajstić information content (AvgIpc) is 3.20. The monoisotopic (exact) mass is 412 g/mol. The van der Waals surface area contributed by atoms with Crippen molar-refractivity contribution in [3.63, 3.8) is 0 Å². The molecule has 2 N–H and O–H groups in total. The van der Waals surface area contributed by atoms with Crippen LogP contribution in [0.4, 0.5) is 8.78 Å². The zero-order valence-corrected chi connectivity index (χ0v) is 16.5. The number of aromatic nitrogens is 5. The molecular weight excluding hydrogens is 390 g/mol. The van der Waals surface area contributed by atoms with E-state index in [1.165, 1.54) is 23.1 Å². The number of benzene rings is 1. The van der Waals surface area contributed by atoms with Gasteiger partial charge in [-0.1, -0.05) is 6.58 Å². The number of alkyl halides is 1. The summed E-state index contributed by atoms with van der Waals surface area (Å²) in [5.41, 5.74) is 1.80. The highest BCUT2D eigenvalue weighted by Crippen LogP contribution is 2.36. The number of rotatable bonds is 5. The first-order chi connectivity index (χ1) is 14.5. The van der Waals surface area contributed by atoms with E-state index in [1.54, 1.807) is 12.1 Å². The van der Waals surface area contributed by atoms with E-state index in [9.17, 15) is 13.9 Å². The van der Waals surface area contributed by atoms with Gasteiger partial charge in [0.1, 0.15) is 17.6 Å². The van der Waals surface area contributed by atoms with E-state index in [1.807, 2.05) is 7.05 Å². The summed E-state index contributed by atoms with van der Waals surface area (Å²) in [5.74, 6) is -0.602. The third-order valence-electron chi connectivity index (χ3n) is 5.54. The normalized spacial score (nSPS) is 21.5. The third kappa shape index (κ3) is 3.93. The lowest BCUT2D eigenvalue weighted by Gasteiger charge is -2.32. The Morgan fingerprint density at radius 3 is 2.73 bits per heavy atom. The largest absolute Gasteiger partial charge is 0.507 e. The first-order valence-corrected chi connectivity index (χ1v) is 9.70. The third-order valence-corrected chi connectivity index (χ3v) is 5.54. The smallest absolute Gasteiger partial charge is 0.177 e. The van der Waals surface area contributed by atoms with Gasteiger partial charge < -0.3 is 10.4 Å². The van der Waals surface area contributed by atoms with Crippen LogP contribution in [0.1, 0.15) is 25.1 Å². The maximum atomic E-state index is 14.4. The van der Waals surface area contributed by atoms with Gasteiger partial charge >= 0.3 is 0 Å². The molecule has 2 aromatic heterocycles. The fraction of sp³-hybridized carbons (Fsp3) is 0.333. The fourth-order valence-corrected chi connectivity index (χ4v) is 3.79. The number of nitrogens with zero attached hydrogens (tertiary/aromatic N) is 5. The van der Waals surface area contributed by atoms with Crippen molar-refractivity contribution in [2.45, 2.75) is 31.5 Å². The van der Waals surface area contributed by atoms with Gasteiger partial charge in [-0.05, 0) is 44.0 Å². The molecule has 1 fully saturated rings. The Hall–Kier alpha value is -3.20. The van der Waals surface area contributed by atoms with E-state index >= 15 is 0 Å². The molecule has 7 nitrogen and oxygen atoms in total. The lowest BCUT2D eigenvalue weighted by molar-refractivity contribution is 0.180. The number of halogens is 2. The number of aromatic hydroxyl groups is 1. The van der Waals surface area contributed by atoms with Crippen molar-refractivity contribution >= 4 is 5.57 Å². The Kier molecular flexibility index (Phi) is 5.54. The highest BCUT2D eigenvalue weighted by atomic mass is 19.1. The Balaban J connectivity index is 1.54. The molecule has 3 aromatic rings. The van der Waals surface area contributed by atoms with Crippen molar-refractivity contribution in [2.24, 2.45) is 5.92 Å². The highest BCUT2D eigenvalue weighted by Gasteiger charge is 2.33. The van der Waals surface area contributed by atoms with Gasteiger partial charge in [-0.2, -0.15) is 5.10 Å². The Morgan fingerprint density at radius 2 is 2.10 bits per heavy atom. The van der Waals surface area contributed by atoms with Crippen molar-refractivity contribution in [3.8, 4) is 22.7 Å². The summed E-state index contributed by atoms with van der Waals surface area (Å²) in [6, 6.07) is 4.98. The van der Waals surface area contributed by atoms with Crippen LogP contribution in [0.3, 0.4) is 0 Å². The Labute approximate surface area is 172 Å². The van der Waals surface area contributed by atoms with E-state index in [-0.39, 0.29) is 17.7 Å². The molecule has 30 heavy (non-hydrogen) atoms. The lowest BCUT2D eigenvalue weighted by atomic mass is 9.80. The molecule has 2 heterocycles. The van der Waals surface area contributed by atoms with E-state index < -0.39 is 12.0 Å². The standard InChI is InChI=1S/C21H22F2N6O/c1-12(17-7-14(24-2)3-6-18(17)23)21-25-10-19(27-28-21)16-5-4-15(8-20(16)30)29-11-13(22)9-26-29/h4-5,8-11,14,17-18,24,30H,1,3,6-7H2,2H3/t14?,17-,18?/m1/s1. The second kappa shape index (κ2) is 8.27.